The topological polar surface area (TPSA) is 70.6 Å². The van der Waals surface area contributed by atoms with Crippen LogP contribution < -0.4 is 10.6 Å². The molecule has 0 amide bonds. The lowest BCUT2D eigenvalue weighted by atomic mass is 10.0. The van der Waals surface area contributed by atoms with Crippen LogP contribution >= 0.6 is 0 Å². The quantitative estimate of drug-likeness (QED) is 0.134. The molecule has 0 radical (unpaired) electrons. The van der Waals surface area contributed by atoms with Crippen LogP contribution in [-0.4, -0.2) is 11.7 Å². The zero-order valence-corrected chi connectivity index (χ0v) is 28.5. The lowest BCUT2D eigenvalue weighted by Gasteiger charge is -2.23. The van der Waals surface area contributed by atoms with Crippen LogP contribution in [0.2, 0.25) is 0 Å². The molecule has 2 aromatic carbocycles. The van der Waals surface area contributed by atoms with Crippen molar-refractivity contribution in [3.63, 3.8) is 0 Å². The second kappa shape index (κ2) is 17.4. The third kappa shape index (κ3) is 9.44. The molecule has 0 spiro atoms. The van der Waals surface area contributed by atoms with Crippen LogP contribution in [0.25, 0.3) is 0 Å². The summed E-state index contributed by atoms with van der Waals surface area (Å²) in [5, 5.41) is 17.0. The van der Waals surface area contributed by atoms with Gasteiger partial charge in [-0.2, -0.15) is 0 Å². The molecule has 0 aliphatic carbocycles. The normalized spacial score (nSPS) is 14.3. The fourth-order valence-electron chi connectivity index (χ4n) is 5.89. The average molecular weight is 601 g/mol. The molecule has 2 heterocycles. The van der Waals surface area contributed by atoms with Gasteiger partial charge in [0.1, 0.15) is 23.0 Å². The number of nitrogens with one attached hydrogen (secondary N) is 2. The smallest absolute Gasteiger partial charge is 0.121 e. The summed E-state index contributed by atoms with van der Waals surface area (Å²) in [7, 11) is 0. The standard InChI is InChI=1S/C20H29NO.C19H27NO2/c1-6-18(16-11-9-8-10-12-16)21-19(7-2)20-13-17(14(3)4)15(5)22-20;1-5-17(19-11-16(13(2)3)14(4)22-19)20-18(12-21)15-9-7-6-8-10-15/h8-14,18-19,21H,6-7H2,1-5H3;6-11,13,17-18,20-21H,5,12H2,1-4H3/t18-,19+;17-,18+/m01/s1. The van der Waals surface area contributed by atoms with Gasteiger partial charge in [0.25, 0.3) is 0 Å². The Morgan fingerprint density at radius 2 is 0.932 bits per heavy atom. The van der Waals surface area contributed by atoms with Crippen molar-refractivity contribution in [2.24, 2.45) is 0 Å². The summed E-state index contributed by atoms with van der Waals surface area (Å²) in [4.78, 5) is 0. The number of aryl methyl sites for hydroxylation is 2. The Hall–Kier alpha value is -3.12. The maximum absolute atomic E-state index is 9.73. The summed E-state index contributed by atoms with van der Waals surface area (Å²) in [6.45, 7) is 19.5. The van der Waals surface area contributed by atoms with Crippen LogP contribution in [0.3, 0.4) is 0 Å². The molecule has 4 atom stereocenters. The Morgan fingerprint density at radius 3 is 1.25 bits per heavy atom. The third-order valence-electron chi connectivity index (χ3n) is 8.50. The van der Waals surface area contributed by atoms with Gasteiger partial charge in [-0.1, -0.05) is 109 Å². The van der Waals surface area contributed by atoms with E-state index in [0.29, 0.717) is 17.9 Å². The molecule has 5 nitrogen and oxygen atoms in total. The van der Waals surface area contributed by atoms with Gasteiger partial charge >= 0.3 is 0 Å². The van der Waals surface area contributed by atoms with E-state index in [1.165, 1.54) is 16.7 Å². The highest BCUT2D eigenvalue weighted by molar-refractivity contribution is 5.28. The molecule has 0 unspecified atom stereocenters. The highest BCUT2D eigenvalue weighted by atomic mass is 16.3. The summed E-state index contributed by atoms with van der Waals surface area (Å²) in [6, 6.07) is 25.7. The van der Waals surface area contributed by atoms with Gasteiger partial charge in [-0.25, -0.2) is 0 Å². The molecule has 0 aliphatic rings. The minimum absolute atomic E-state index is 0.0667. The van der Waals surface area contributed by atoms with Gasteiger partial charge in [-0.3, -0.25) is 5.32 Å². The van der Waals surface area contributed by atoms with Crippen LogP contribution in [-0.2, 0) is 0 Å². The van der Waals surface area contributed by atoms with Crippen molar-refractivity contribution < 1.29 is 13.9 Å². The number of aliphatic hydroxyl groups excluding tert-OH is 1. The first-order valence-corrected chi connectivity index (χ1v) is 16.6. The Morgan fingerprint density at radius 1 is 0.568 bits per heavy atom. The number of benzene rings is 2. The van der Waals surface area contributed by atoms with Crippen LogP contribution in [0.4, 0.5) is 0 Å². The maximum Gasteiger partial charge on any atom is 0.121 e. The second-order valence-corrected chi connectivity index (χ2v) is 12.4. The summed E-state index contributed by atoms with van der Waals surface area (Å²) in [5.41, 5.74) is 5.02. The zero-order valence-electron chi connectivity index (χ0n) is 28.5. The molecule has 4 aromatic rings. The molecule has 5 heteroatoms. The highest BCUT2D eigenvalue weighted by Crippen LogP contribution is 2.31. The molecular weight excluding hydrogens is 544 g/mol. The van der Waals surface area contributed by atoms with Crippen molar-refractivity contribution in [1.82, 2.24) is 10.6 Å². The Bertz CT molecular complexity index is 1250. The fraction of sp³-hybridized carbons (Fsp3) is 0.487. The molecule has 0 saturated heterocycles. The lowest BCUT2D eigenvalue weighted by molar-refractivity contribution is 0.225. The van der Waals surface area contributed by atoms with Crippen molar-refractivity contribution in [3.05, 3.63) is 118 Å². The molecule has 0 fully saturated rings. The van der Waals surface area contributed by atoms with Gasteiger partial charge in [-0.05, 0) is 79.3 Å². The van der Waals surface area contributed by atoms with Gasteiger partial charge in [0.05, 0.1) is 24.7 Å². The van der Waals surface area contributed by atoms with E-state index < -0.39 is 0 Å². The fourth-order valence-corrected chi connectivity index (χ4v) is 5.89. The SMILES string of the molecule is CC[C@@H](N[C@@H](CO)c1ccccc1)c1cc(C(C)C)c(C)o1.CC[C@H](N[C@H](CC)c1cc(C(C)C)c(C)o1)c1ccccc1. The first-order valence-electron chi connectivity index (χ1n) is 16.6. The minimum atomic E-state index is -0.0842. The summed E-state index contributed by atoms with van der Waals surface area (Å²) >= 11 is 0. The number of aliphatic hydroxyl groups is 1. The molecule has 0 bridgehead atoms. The third-order valence-corrected chi connectivity index (χ3v) is 8.50. The molecule has 240 valence electrons. The van der Waals surface area contributed by atoms with Crippen LogP contribution in [0, 0.1) is 13.8 Å². The largest absolute Gasteiger partial charge is 0.464 e. The molecule has 44 heavy (non-hydrogen) atoms. The predicted octanol–water partition coefficient (Wildman–Crippen LogP) is 10.4. The van der Waals surface area contributed by atoms with E-state index in [4.69, 9.17) is 8.83 Å². The van der Waals surface area contributed by atoms with Crippen LogP contribution in [0.1, 0.15) is 149 Å². The summed E-state index contributed by atoms with van der Waals surface area (Å²) in [6.07, 6.45) is 3.00. The van der Waals surface area contributed by atoms with Gasteiger partial charge in [0.15, 0.2) is 0 Å². The Balaban J connectivity index is 0.000000240. The Labute approximate surface area is 266 Å². The highest BCUT2D eigenvalue weighted by Gasteiger charge is 2.22. The summed E-state index contributed by atoms with van der Waals surface area (Å²) < 4.78 is 12.0. The van der Waals surface area contributed by atoms with Gasteiger partial charge in [0.2, 0.25) is 0 Å². The van der Waals surface area contributed by atoms with E-state index in [-0.39, 0.29) is 24.7 Å². The molecule has 0 aliphatic heterocycles. The monoisotopic (exact) mass is 600 g/mol. The van der Waals surface area contributed by atoms with Crippen LogP contribution in [0.5, 0.6) is 0 Å². The molecule has 0 saturated carbocycles. The zero-order chi connectivity index (χ0) is 32.2. The van der Waals surface area contributed by atoms with E-state index in [9.17, 15) is 5.11 Å². The van der Waals surface area contributed by atoms with Crippen molar-refractivity contribution in [1.29, 1.82) is 0 Å². The minimum Gasteiger partial charge on any atom is -0.464 e. The first-order chi connectivity index (χ1) is 21.1. The number of hydrogen-bond acceptors (Lipinski definition) is 5. The second-order valence-electron chi connectivity index (χ2n) is 12.4. The average Bonchev–Trinajstić information content (AvgIpc) is 3.62. The van der Waals surface area contributed by atoms with Gasteiger partial charge in [0, 0.05) is 6.04 Å². The van der Waals surface area contributed by atoms with E-state index in [0.717, 1.165) is 47.9 Å². The molecule has 3 N–H and O–H groups in total. The van der Waals surface area contributed by atoms with E-state index in [1.807, 2.05) is 37.3 Å². The molecule has 4 rings (SSSR count). The van der Waals surface area contributed by atoms with E-state index in [1.54, 1.807) is 0 Å². The first kappa shape index (κ1) is 35.4. The molecular formula is C39H56N2O3. The van der Waals surface area contributed by atoms with Gasteiger partial charge in [-0.15, -0.1) is 0 Å². The number of rotatable bonds is 14. The van der Waals surface area contributed by atoms with Crippen LogP contribution in [0.15, 0.2) is 81.6 Å². The number of furan rings is 2. The predicted molar refractivity (Wildman–Crippen MR) is 183 cm³/mol. The summed E-state index contributed by atoms with van der Waals surface area (Å²) in [5.74, 6) is 5.03. The Kier molecular flexibility index (Phi) is 14.0. The van der Waals surface area contributed by atoms with Gasteiger partial charge < -0.3 is 19.3 Å². The van der Waals surface area contributed by atoms with Crippen molar-refractivity contribution in [2.75, 3.05) is 6.61 Å². The number of hydrogen-bond donors (Lipinski definition) is 3. The van der Waals surface area contributed by atoms with Crippen molar-refractivity contribution in [2.45, 2.75) is 118 Å². The maximum atomic E-state index is 9.73. The van der Waals surface area contributed by atoms with Crippen molar-refractivity contribution >= 4 is 0 Å². The lowest BCUT2D eigenvalue weighted by Crippen LogP contribution is -2.28. The van der Waals surface area contributed by atoms with E-state index in [2.05, 4.69) is 108 Å². The van der Waals surface area contributed by atoms with E-state index >= 15 is 0 Å². The molecule has 2 aromatic heterocycles. The van der Waals surface area contributed by atoms with Crippen molar-refractivity contribution in [3.8, 4) is 0 Å².